The number of carbonyl (C=O) groups excluding carboxylic acids is 1. The molecule has 2 heterocycles. The molecule has 1 aromatic heterocycles. The number of nitrogens with zero attached hydrogens (tertiary/aromatic N) is 3. The van der Waals surface area contributed by atoms with Gasteiger partial charge in [-0.25, -0.2) is 9.98 Å². The molecule has 0 spiro atoms. The van der Waals surface area contributed by atoms with E-state index in [9.17, 15) is 4.79 Å². The molecular weight excluding hydrogens is 493 g/mol. The molecule has 1 amide bonds. The van der Waals surface area contributed by atoms with Crippen LogP contribution in [0, 0.1) is 5.92 Å². The Bertz CT molecular complexity index is 707. The van der Waals surface area contributed by atoms with Crippen molar-refractivity contribution in [2.75, 3.05) is 19.6 Å². The van der Waals surface area contributed by atoms with Gasteiger partial charge in [0.2, 0.25) is 11.8 Å². The second-order valence-electron chi connectivity index (χ2n) is 8.29. The topological polar surface area (TPSA) is 78.9 Å². The van der Waals surface area contributed by atoms with Gasteiger partial charge in [-0.05, 0) is 50.7 Å². The highest BCUT2D eigenvalue weighted by Gasteiger charge is 2.28. The van der Waals surface area contributed by atoms with E-state index in [1.165, 1.54) is 12.8 Å². The molecule has 0 bridgehead atoms. The Balaban J connectivity index is 0.00000320. The summed E-state index contributed by atoms with van der Waals surface area (Å²) < 4.78 is 6.00. The molecule has 8 heteroatoms. The maximum absolute atomic E-state index is 12.2. The molecule has 1 unspecified atom stereocenters. The van der Waals surface area contributed by atoms with E-state index in [4.69, 9.17) is 9.73 Å². The van der Waals surface area contributed by atoms with Crippen molar-refractivity contribution in [2.45, 2.75) is 71.6 Å². The van der Waals surface area contributed by atoms with Crippen molar-refractivity contribution in [3.63, 3.8) is 0 Å². The van der Waals surface area contributed by atoms with Crippen molar-refractivity contribution in [3.05, 3.63) is 23.9 Å². The zero-order valence-electron chi connectivity index (χ0n) is 18.4. The minimum atomic E-state index is 0. The molecule has 0 radical (unpaired) electrons. The van der Waals surface area contributed by atoms with Crippen molar-refractivity contribution in [3.8, 4) is 5.88 Å². The van der Waals surface area contributed by atoms with Crippen molar-refractivity contribution in [2.24, 2.45) is 10.9 Å². The predicted octanol–water partition coefficient (Wildman–Crippen LogP) is 3.33. The van der Waals surface area contributed by atoms with E-state index in [0.29, 0.717) is 18.5 Å². The molecular formula is C22H36IN5O2. The number of rotatable bonds is 7. The first-order valence-electron chi connectivity index (χ1n) is 11.0. The van der Waals surface area contributed by atoms with E-state index in [1.807, 2.05) is 30.9 Å². The number of aliphatic imine (C=N–C) groups is 1. The molecule has 0 aromatic carbocycles. The van der Waals surface area contributed by atoms with Crippen LogP contribution in [0.1, 0.15) is 58.4 Å². The van der Waals surface area contributed by atoms with E-state index < -0.39 is 0 Å². The highest BCUT2D eigenvalue weighted by molar-refractivity contribution is 14.0. The third kappa shape index (κ3) is 7.28. The molecule has 2 aliphatic rings. The van der Waals surface area contributed by atoms with Crippen molar-refractivity contribution in [1.29, 1.82) is 0 Å². The average molecular weight is 529 g/mol. The Hall–Kier alpha value is -1.58. The van der Waals surface area contributed by atoms with Crippen molar-refractivity contribution >= 4 is 35.8 Å². The number of pyridine rings is 1. The van der Waals surface area contributed by atoms with Gasteiger partial charge in [-0.1, -0.05) is 13.8 Å². The number of hydrogen-bond acceptors (Lipinski definition) is 4. The van der Waals surface area contributed by atoms with Crippen LogP contribution in [0.4, 0.5) is 0 Å². The third-order valence-electron chi connectivity index (χ3n) is 5.49. The number of aromatic nitrogens is 1. The van der Waals surface area contributed by atoms with Gasteiger partial charge >= 0.3 is 0 Å². The van der Waals surface area contributed by atoms with E-state index in [0.717, 1.165) is 50.4 Å². The largest absolute Gasteiger partial charge is 0.474 e. The summed E-state index contributed by atoms with van der Waals surface area (Å²) in [4.78, 5) is 23.2. The Kier molecular flexibility index (Phi) is 10.1. The van der Waals surface area contributed by atoms with Gasteiger partial charge in [-0.3, -0.25) is 4.79 Å². The number of hydrogen-bond donors (Lipinski definition) is 2. The van der Waals surface area contributed by atoms with Crippen LogP contribution in [-0.4, -0.2) is 53.5 Å². The quantitative estimate of drug-likeness (QED) is 0.322. The number of amides is 1. The van der Waals surface area contributed by atoms with Gasteiger partial charge in [0, 0.05) is 43.9 Å². The molecule has 7 nitrogen and oxygen atoms in total. The minimum absolute atomic E-state index is 0. The monoisotopic (exact) mass is 529 g/mol. The molecule has 1 saturated carbocycles. The van der Waals surface area contributed by atoms with Crippen LogP contribution in [0.2, 0.25) is 0 Å². The summed E-state index contributed by atoms with van der Waals surface area (Å²) in [5.74, 6) is 1.75. The van der Waals surface area contributed by atoms with Crippen LogP contribution in [0.25, 0.3) is 0 Å². The SMILES string of the molecule is CCNC(=NCc1ccnc(OC2CCCC2)c1)NC1CCN(C(=O)C(C)C)C1.I. The lowest BCUT2D eigenvalue weighted by molar-refractivity contribution is -0.133. The summed E-state index contributed by atoms with van der Waals surface area (Å²) in [6, 6.07) is 4.20. The number of guanidine groups is 1. The fourth-order valence-electron chi connectivity index (χ4n) is 3.92. The molecule has 1 aliphatic carbocycles. The minimum Gasteiger partial charge on any atom is -0.474 e. The maximum Gasteiger partial charge on any atom is 0.225 e. The first-order valence-corrected chi connectivity index (χ1v) is 11.0. The predicted molar refractivity (Wildman–Crippen MR) is 130 cm³/mol. The molecule has 2 N–H and O–H groups in total. The van der Waals surface area contributed by atoms with Gasteiger partial charge in [-0.15, -0.1) is 24.0 Å². The van der Waals surface area contributed by atoms with E-state index in [2.05, 4.69) is 22.5 Å². The van der Waals surface area contributed by atoms with E-state index >= 15 is 0 Å². The maximum atomic E-state index is 12.2. The smallest absolute Gasteiger partial charge is 0.225 e. The van der Waals surface area contributed by atoms with Gasteiger partial charge in [0.15, 0.2) is 5.96 Å². The van der Waals surface area contributed by atoms with E-state index in [1.54, 1.807) is 6.20 Å². The van der Waals surface area contributed by atoms with Gasteiger partial charge in [0.1, 0.15) is 6.10 Å². The molecule has 1 aliphatic heterocycles. The molecule has 168 valence electrons. The Morgan fingerprint density at radius 3 is 2.80 bits per heavy atom. The summed E-state index contributed by atoms with van der Waals surface area (Å²) in [7, 11) is 0. The first kappa shape index (κ1) is 24.7. The number of halogens is 1. The Labute approximate surface area is 197 Å². The molecule has 1 atom stereocenters. The lowest BCUT2D eigenvalue weighted by atomic mass is 10.2. The summed E-state index contributed by atoms with van der Waals surface area (Å²) in [5.41, 5.74) is 1.08. The van der Waals surface area contributed by atoms with Crippen LogP contribution in [0.3, 0.4) is 0 Å². The van der Waals surface area contributed by atoms with Crippen molar-refractivity contribution < 1.29 is 9.53 Å². The standard InChI is InChI=1S/C22H35N5O2.HI/c1-4-23-22(26-18-10-12-27(15-18)21(28)16(2)3)25-14-17-9-11-24-20(13-17)29-19-7-5-6-8-19;/h9,11,13,16,18-19H,4-8,10,12,14-15H2,1-3H3,(H2,23,25,26);1H. The van der Waals surface area contributed by atoms with Crippen LogP contribution in [-0.2, 0) is 11.3 Å². The lowest BCUT2D eigenvalue weighted by Crippen LogP contribution is -2.45. The fraction of sp³-hybridized carbons (Fsp3) is 0.682. The van der Waals surface area contributed by atoms with Crippen LogP contribution in [0.15, 0.2) is 23.3 Å². The molecule has 1 saturated heterocycles. The van der Waals surface area contributed by atoms with Crippen molar-refractivity contribution in [1.82, 2.24) is 20.5 Å². The van der Waals surface area contributed by atoms with E-state index in [-0.39, 0.29) is 41.8 Å². The second kappa shape index (κ2) is 12.3. The Morgan fingerprint density at radius 2 is 2.10 bits per heavy atom. The summed E-state index contributed by atoms with van der Waals surface area (Å²) >= 11 is 0. The highest BCUT2D eigenvalue weighted by atomic mass is 127. The average Bonchev–Trinajstić information content (AvgIpc) is 3.38. The highest BCUT2D eigenvalue weighted by Crippen LogP contribution is 2.23. The molecule has 3 rings (SSSR count). The second-order valence-corrected chi connectivity index (χ2v) is 8.29. The van der Waals surface area contributed by atoms with Gasteiger partial charge in [0.05, 0.1) is 6.54 Å². The number of carbonyl (C=O) groups is 1. The number of ether oxygens (including phenoxy) is 1. The number of nitrogens with one attached hydrogen (secondary N) is 2. The fourth-order valence-corrected chi connectivity index (χ4v) is 3.92. The summed E-state index contributed by atoms with van der Waals surface area (Å²) in [6.07, 6.45) is 7.77. The lowest BCUT2D eigenvalue weighted by Gasteiger charge is -2.20. The third-order valence-corrected chi connectivity index (χ3v) is 5.49. The molecule has 2 fully saturated rings. The zero-order valence-corrected chi connectivity index (χ0v) is 20.7. The number of likely N-dealkylation sites (tertiary alicyclic amines) is 1. The normalized spacial score (nSPS) is 19.7. The zero-order chi connectivity index (χ0) is 20.6. The summed E-state index contributed by atoms with van der Waals surface area (Å²) in [5, 5.41) is 6.79. The Morgan fingerprint density at radius 1 is 1.33 bits per heavy atom. The van der Waals surface area contributed by atoms with Crippen LogP contribution < -0.4 is 15.4 Å². The molecule has 30 heavy (non-hydrogen) atoms. The van der Waals surface area contributed by atoms with Crippen LogP contribution in [0.5, 0.6) is 5.88 Å². The molecule has 1 aromatic rings. The van der Waals surface area contributed by atoms with Gasteiger partial charge < -0.3 is 20.3 Å². The van der Waals surface area contributed by atoms with Crippen LogP contribution >= 0.6 is 24.0 Å². The summed E-state index contributed by atoms with van der Waals surface area (Å²) in [6.45, 7) is 8.85. The van der Waals surface area contributed by atoms with Gasteiger partial charge in [0.25, 0.3) is 0 Å². The first-order chi connectivity index (χ1) is 14.0. The van der Waals surface area contributed by atoms with Gasteiger partial charge in [-0.2, -0.15) is 0 Å².